The van der Waals surface area contributed by atoms with Crippen LogP contribution in [0.2, 0.25) is 10.0 Å². The van der Waals surface area contributed by atoms with Crippen LogP contribution in [0.5, 0.6) is 5.75 Å². The van der Waals surface area contributed by atoms with Gasteiger partial charge in [-0.3, -0.25) is 9.59 Å². The van der Waals surface area contributed by atoms with Crippen LogP contribution in [-0.2, 0) is 16.1 Å². The van der Waals surface area contributed by atoms with Crippen LogP contribution >= 0.6 is 39.1 Å². The average Bonchev–Trinajstić information content (AvgIpc) is 2.69. The second-order valence-corrected chi connectivity index (χ2v) is 8.01. The van der Waals surface area contributed by atoms with Crippen LogP contribution in [-0.4, -0.2) is 35.9 Å². The summed E-state index contributed by atoms with van der Waals surface area (Å²) in [5.74, 6) is 0.000472. The summed E-state index contributed by atoms with van der Waals surface area (Å²) in [7, 11) is 0. The number of amides is 2. The lowest BCUT2D eigenvalue weighted by atomic mass is 10.1. The third kappa shape index (κ3) is 6.63. The summed E-state index contributed by atoms with van der Waals surface area (Å²) >= 11 is 16.0. The number of ether oxygens (including phenoxy) is 1. The first-order valence-corrected chi connectivity index (χ1v) is 10.8. The fourth-order valence-corrected chi connectivity index (χ4v) is 3.61. The van der Waals surface area contributed by atoms with Gasteiger partial charge in [-0.1, -0.05) is 52.1 Å². The van der Waals surface area contributed by atoms with E-state index in [0.29, 0.717) is 34.3 Å². The van der Waals surface area contributed by atoms with Gasteiger partial charge in [0.15, 0.2) is 6.61 Å². The van der Waals surface area contributed by atoms with Crippen LogP contribution in [0.15, 0.2) is 46.9 Å². The molecule has 0 heterocycles. The van der Waals surface area contributed by atoms with E-state index in [1.54, 1.807) is 30.3 Å². The maximum atomic E-state index is 13.0. The number of likely N-dealkylation sites (N-methyl/N-ethyl adjacent to an activating group) is 1. The van der Waals surface area contributed by atoms with Gasteiger partial charge in [0.25, 0.3) is 5.91 Å². The first-order chi connectivity index (χ1) is 13.9. The molecule has 2 rings (SSSR count). The van der Waals surface area contributed by atoms with Gasteiger partial charge in [-0.05, 0) is 49.7 Å². The van der Waals surface area contributed by atoms with Crippen molar-refractivity contribution in [2.24, 2.45) is 0 Å². The van der Waals surface area contributed by atoms with E-state index in [1.165, 1.54) is 4.90 Å². The van der Waals surface area contributed by atoms with Crippen molar-refractivity contribution in [3.05, 3.63) is 62.5 Å². The number of nitrogens with zero attached hydrogens (tertiary/aromatic N) is 1. The number of nitrogens with one attached hydrogen (secondary N) is 1. The molecule has 2 aromatic carbocycles. The molecular weight excluding hydrogens is 479 g/mol. The Morgan fingerprint density at radius 3 is 2.28 bits per heavy atom. The Morgan fingerprint density at radius 2 is 1.72 bits per heavy atom. The smallest absolute Gasteiger partial charge is 0.261 e. The zero-order valence-electron chi connectivity index (χ0n) is 16.3. The Bertz CT molecular complexity index is 826. The predicted molar refractivity (Wildman–Crippen MR) is 119 cm³/mol. The maximum absolute atomic E-state index is 13.0. The molecule has 8 heteroatoms. The van der Waals surface area contributed by atoms with E-state index in [-0.39, 0.29) is 25.0 Å². The van der Waals surface area contributed by atoms with E-state index in [4.69, 9.17) is 27.9 Å². The number of hydrogen-bond donors (Lipinski definition) is 1. The van der Waals surface area contributed by atoms with Crippen molar-refractivity contribution in [1.29, 1.82) is 0 Å². The van der Waals surface area contributed by atoms with Crippen LogP contribution in [0.1, 0.15) is 25.8 Å². The number of hydrogen-bond acceptors (Lipinski definition) is 3. The van der Waals surface area contributed by atoms with E-state index < -0.39 is 6.04 Å². The largest absolute Gasteiger partial charge is 0.484 e. The molecule has 2 amide bonds. The van der Waals surface area contributed by atoms with Crippen molar-refractivity contribution in [1.82, 2.24) is 10.2 Å². The molecule has 1 N–H and O–H groups in total. The van der Waals surface area contributed by atoms with Crippen molar-refractivity contribution >= 4 is 50.9 Å². The highest BCUT2D eigenvalue weighted by Gasteiger charge is 2.29. The van der Waals surface area contributed by atoms with E-state index in [1.807, 2.05) is 26.0 Å². The van der Waals surface area contributed by atoms with Crippen molar-refractivity contribution in [3.8, 4) is 5.75 Å². The van der Waals surface area contributed by atoms with Crippen LogP contribution in [0.4, 0.5) is 0 Å². The van der Waals surface area contributed by atoms with Crippen molar-refractivity contribution in [2.75, 3.05) is 13.2 Å². The summed E-state index contributed by atoms with van der Waals surface area (Å²) in [6, 6.07) is 11.6. The lowest BCUT2D eigenvalue weighted by molar-refractivity contribution is -0.142. The molecule has 0 aliphatic carbocycles. The van der Waals surface area contributed by atoms with Crippen molar-refractivity contribution in [2.45, 2.75) is 32.9 Å². The minimum absolute atomic E-state index is 0.108. The molecule has 0 unspecified atom stereocenters. The topological polar surface area (TPSA) is 58.6 Å². The molecular formula is C21H23BrCl2N2O3. The lowest BCUT2D eigenvalue weighted by Gasteiger charge is -2.31. The molecule has 156 valence electrons. The molecule has 0 aromatic heterocycles. The summed E-state index contributed by atoms with van der Waals surface area (Å²) in [6.45, 7) is 4.05. The number of carbonyl (C=O) groups is 2. The van der Waals surface area contributed by atoms with Gasteiger partial charge in [0.2, 0.25) is 5.91 Å². The molecule has 0 fully saturated rings. The Kier molecular flexibility index (Phi) is 9.27. The van der Waals surface area contributed by atoms with Gasteiger partial charge in [-0.15, -0.1) is 0 Å². The van der Waals surface area contributed by atoms with E-state index >= 15 is 0 Å². The fraction of sp³-hybridized carbons (Fsp3) is 0.333. The standard InChI is InChI=1S/C21H23BrCl2N2O3/c1-3-19(21(28)25-4-2)26(12-16-17(23)6-5-7-18(16)24)20(27)13-29-15-10-8-14(22)9-11-15/h5-11,19H,3-4,12-13H2,1-2H3,(H,25,28)/t19-/m1/s1. The summed E-state index contributed by atoms with van der Waals surface area (Å²) in [5, 5.41) is 3.66. The summed E-state index contributed by atoms with van der Waals surface area (Å²) in [4.78, 5) is 27.1. The SMILES string of the molecule is CCNC(=O)[C@@H](CC)N(Cc1c(Cl)cccc1Cl)C(=O)COc1ccc(Br)cc1. The number of carbonyl (C=O) groups excluding carboxylic acids is 2. The van der Waals surface area contributed by atoms with Crippen LogP contribution in [0.3, 0.4) is 0 Å². The summed E-state index contributed by atoms with van der Waals surface area (Å²) in [6.07, 6.45) is 0.442. The first-order valence-electron chi connectivity index (χ1n) is 9.25. The molecule has 0 aliphatic rings. The Balaban J connectivity index is 2.25. The second kappa shape index (κ2) is 11.4. The lowest BCUT2D eigenvalue weighted by Crippen LogP contribution is -2.50. The second-order valence-electron chi connectivity index (χ2n) is 6.28. The maximum Gasteiger partial charge on any atom is 0.261 e. The van der Waals surface area contributed by atoms with Gasteiger partial charge >= 0.3 is 0 Å². The molecule has 5 nitrogen and oxygen atoms in total. The van der Waals surface area contributed by atoms with Crippen molar-refractivity contribution in [3.63, 3.8) is 0 Å². The van der Waals surface area contributed by atoms with E-state index in [9.17, 15) is 9.59 Å². The zero-order chi connectivity index (χ0) is 21.4. The number of rotatable bonds is 9. The van der Waals surface area contributed by atoms with Gasteiger partial charge in [-0.25, -0.2) is 0 Å². The normalized spacial score (nSPS) is 11.6. The molecule has 0 spiro atoms. The zero-order valence-corrected chi connectivity index (χ0v) is 19.4. The van der Waals surface area contributed by atoms with Crippen LogP contribution in [0.25, 0.3) is 0 Å². The highest BCUT2D eigenvalue weighted by Crippen LogP contribution is 2.27. The molecule has 0 bridgehead atoms. The van der Waals surface area contributed by atoms with Gasteiger partial charge in [-0.2, -0.15) is 0 Å². The number of benzene rings is 2. The summed E-state index contributed by atoms with van der Waals surface area (Å²) in [5.41, 5.74) is 0.593. The van der Waals surface area contributed by atoms with Gasteiger partial charge in [0.1, 0.15) is 11.8 Å². The Labute approximate surface area is 189 Å². The highest BCUT2D eigenvalue weighted by molar-refractivity contribution is 9.10. The minimum atomic E-state index is -0.664. The molecule has 2 aromatic rings. The average molecular weight is 502 g/mol. The molecule has 0 saturated heterocycles. The minimum Gasteiger partial charge on any atom is -0.484 e. The quantitative estimate of drug-likeness (QED) is 0.521. The van der Waals surface area contributed by atoms with Gasteiger partial charge in [0.05, 0.1) is 0 Å². The third-order valence-electron chi connectivity index (χ3n) is 4.30. The Morgan fingerprint density at radius 1 is 1.10 bits per heavy atom. The van der Waals surface area contributed by atoms with E-state index in [2.05, 4.69) is 21.2 Å². The van der Waals surface area contributed by atoms with Crippen LogP contribution in [0, 0.1) is 0 Å². The van der Waals surface area contributed by atoms with Crippen molar-refractivity contribution < 1.29 is 14.3 Å². The first kappa shape index (κ1) is 23.5. The third-order valence-corrected chi connectivity index (χ3v) is 5.54. The predicted octanol–water partition coefficient (Wildman–Crippen LogP) is 5.08. The Hall–Kier alpha value is -1.76. The van der Waals surface area contributed by atoms with E-state index in [0.717, 1.165) is 4.47 Å². The van der Waals surface area contributed by atoms with Gasteiger partial charge in [0, 0.05) is 33.2 Å². The van der Waals surface area contributed by atoms with Gasteiger partial charge < -0.3 is 15.0 Å². The van der Waals surface area contributed by atoms with Crippen LogP contribution < -0.4 is 10.1 Å². The summed E-state index contributed by atoms with van der Waals surface area (Å²) < 4.78 is 6.54. The molecule has 1 atom stereocenters. The number of halogens is 3. The highest BCUT2D eigenvalue weighted by atomic mass is 79.9. The monoisotopic (exact) mass is 500 g/mol. The fourth-order valence-electron chi connectivity index (χ4n) is 2.82. The molecule has 0 aliphatic heterocycles. The molecule has 0 saturated carbocycles. The molecule has 29 heavy (non-hydrogen) atoms. The molecule has 0 radical (unpaired) electrons.